The summed E-state index contributed by atoms with van der Waals surface area (Å²) in [5, 5.41) is 18.9. The summed E-state index contributed by atoms with van der Waals surface area (Å²) in [5.74, 6) is 0. The molecule has 0 spiro atoms. The van der Waals surface area contributed by atoms with E-state index in [9.17, 15) is 10.2 Å². The molecule has 0 fully saturated rings. The molecule has 0 amide bonds. The standard InChI is InChI=1S/C10H12O2/c11-8-5-7-3-1-2-4-9(7)10(12)6-8/h1-4,8,10-12H,5-6H2/t8-,10-/m1/s1. The first-order valence-corrected chi connectivity index (χ1v) is 4.21. The second kappa shape index (κ2) is 2.88. The van der Waals surface area contributed by atoms with E-state index >= 15 is 0 Å². The van der Waals surface area contributed by atoms with Crippen molar-refractivity contribution in [3.8, 4) is 0 Å². The van der Waals surface area contributed by atoms with E-state index in [1.807, 2.05) is 24.3 Å². The average molecular weight is 164 g/mol. The molecular formula is C10H12O2. The lowest BCUT2D eigenvalue weighted by Crippen LogP contribution is -2.22. The minimum Gasteiger partial charge on any atom is -0.393 e. The fourth-order valence-corrected chi connectivity index (χ4v) is 1.77. The molecule has 0 heterocycles. The van der Waals surface area contributed by atoms with Gasteiger partial charge in [0.25, 0.3) is 0 Å². The first-order valence-electron chi connectivity index (χ1n) is 4.21. The third kappa shape index (κ3) is 1.24. The largest absolute Gasteiger partial charge is 0.393 e. The van der Waals surface area contributed by atoms with Gasteiger partial charge in [0.05, 0.1) is 12.2 Å². The van der Waals surface area contributed by atoms with Crippen molar-refractivity contribution >= 4 is 0 Å². The molecule has 2 heteroatoms. The summed E-state index contributed by atoms with van der Waals surface area (Å²) in [6.07, 6.45) is 0.282. The van der Waals surface area contributed by atoms with Gasteiger partial charge in [-0.15, -0.1) is 0 Å². The van der Waals surface area contributed by atoms with E-state index in [1.54, 1.807) is 0 Å². The Bertz CT molecular complexity index is 283. The Kier molecular flexibility index (Phi) is 1.87. The van der Waals surface area contributed by atoms with Crippen LogP contribution in [0.2, 0.25) is 0 Å². The third-order valence-electron chi connectivity index (χ3n) is 2.36. The highest BCUT2D eigenvalue weighted by molar-refractivity contribution is 5.31. The zero-order valence-electron chi connectivity index (χ0n) is 6.77. The monoisotopic (exact) mass is 164 g/mol. The highest BCUT2D eigenvalue weighted by atomic mass is 16.3. The summed E-state index contributed by atoms with van der Waals surface area (Å²) in [5.41, 5.74) is 2.05. The Morgan fingerprint density at radius 1 is 1.17 bits per heavy atom. The smallest absolute Gasteiger partial charge is 0.0817 e. The van der Waals surface area contributed by atoms with Crippen LogP contribution < -0.4 is 0 Å². The van der Waals surface area contributed by atoms with Gasteiger partial charge in [-0.25, -0.2) is 0 Å². The Hall–Kier alpha value is -0.860. The van der Waals surface area contributed by atoms with E-state index in [-0.39, 0.29) is 6.10 Å². The Morgan fingerprint density at radius 3 is 2.75 bits per heavy atom. The molecule has 0 saturated heterocycles. The van der Waals surface area contributed by atoms with Gasteiger partial charge in [0.15, 0.2) is 0 Å². The van der Waals surface area contributed by atoms with Gasteiger partial charge in [-0.2, -0.15) is 0 Å². The van der Waals surface area contributed by atoms with Crippen LogP contribution in [0.1, 0.15) is 23.7 Å². The molecule has 1 aromatic rings. The maximum atomic E-state index is 9.57. The number of hydrogen-bond acceptors (Lipinski definition) is 2. The Balaban J connectivity index is 2.40. The zero-order chi connectivity index (χ0) is 8.55. The fraction of sp³-hybridized carbons (Fsp3) is 0.400. The summed E-state index contributed by atoms with van der Waals surface area (Å²) in [4.78, 5) is 0. The van der Waals surface area contributed by atoms with Crippen molar-refractivity contribution in [2.75, 3.05) is 0 Å². The molecule has 0 aliphatic heterocycles. The maximum Gasteiger partial charge on any atom is 0.0817 e. The van der Waals surface area contributed by atoms with Gasteiger partial charge in [-0.1, -0.05) is 24.3 Å². The number of benzene rings is 1. The van der Waals surface area contributed by atoms with Crippen molar-refractivity contribution in [3.63, 3.8) is 0 Å². The molecule has 1 aliphatic rings. The zero-order valence-corrected chi connectivity index (χ0v) is 6.77. The van der Waals surface area contributed by atoms with Crippen LogP contribution in [0.4, 0.5) is 0 Å². The molecular weight excluding hydrogens is 152 g/mol. The summed E-state index contributed by atoms with van der Waals surface area (Å²) >= 11 is 0. The SMILES string of the molecule is O[C@@H]1Cc2ccccc2[C@H](O)C1. The lowest BCUT2D eigenvalue weighted by molar-refractivity contribution is 0.0683. The predicted octanol–water partition coefficient (Wildman–Crippen LogP) is 1.03. The van der Waals surface area contributed by atoms with Gasteiger partial charge in [-0.05, 0) is 17.5 Å². The topological polar surface area (TPSA) is 40.5 Å². The summed E-state index contributed by atoms with van der Waals surface area (Å²) < 4.78 is 0. The number of hydrogen-bond donors (Lipinski definition) is 2. The number of fused-ring (bicyclic) bond motifs is 1. The second-order valence-corrected chi connectivity index (χ2v) is 3.31. The second-order valence-electron chi connectivity index (χ2n) is 3.31. The van der Waals surface area contributed by atoms with Gasteiger partial charge in [-0.3, -0.25) is 0 Å². The van der Waals surface area contributed by atoms with Crippen LogP contribution in [0.25, 0.3) is 0 Å². The fourth-order valence-electron chi connectivity index (χ4n) is 1.77. The summed E-state index contributed by atoms with van der Waals surface area (Å²) in [6, 6.07) is 7.73. The van der Waals surface area contributed by atoms with E-state index in [0.717, 1.165) is 11.1 Å². The lowest BCUT2D eigenvalue weighted by Gasteiger charge is -2.24. The van der Waals surface area contributed by atoms with E-state index in [2.05, 4.69) is 0 Å². The van der Waals surface area contributed by atoms with E-state index in [1.165, 1.54) is 0 Å². The quantitative estimate of drug-likeness (QED) is 0.601. The molecule has 1 aliphatic carbocycles. The van der Waals surface area contributed by atoms with Crippen LogP contribution in [0, 0.1) is 0 Å². The summed E-state index contributed by atoms with van der Waals surface area (Å²) in [6.45, 7) is 0. The van der Waals surface area contributed by atoms with Crippen molar-refractivity contribution < 1.29 is 10.2 Å². The maximum absolute atomic E-state index is 9.57. The molecule has 64 valence electrons. The van der Waals surface area contributed by atoms with E-state index in [0.29, 0.717) is 12.8 Å². The van der Waals surface area contributed by atoms with Crippen LogP contribution >= 0.6 is 0 Å². The molecule has 0 saturated carbocycles. The van der Waals surface area contributed by atoms with Gasteiger partial charge in [0.1, 0.15) is 0 Å². The van der Waals surface area contributed by atoms with Crippen LogP contribution in [-0.4, -0.2) is 16.3 Å². The Morgan fingerprint density at radius 2 is 1.92 bits per heavy atom. The van der Waals surface area contributed by atoms with Crippen LogP contribution in [0.3, 0.4) is 0 Å². The molecule has 0 radical (unpaired) electrons. The van der Waals surface area contributed by atoms with Crippen LogP contribution in [0.15, 0.2) is 24.3 Å². The molecule has 0 bridgehead atoms. The lowest BCUT2D eigenvalue weighted by atomic mass is 9.88. The van der Waals surface area contributed by atoms with Gasteiger partial charge < -0.3 is 10.2 Å². The van der Waals surface area contributed by atoms with E-state index in [4.69, 9.17) is 0 Å². The number of rotatable bonds is 0. The van der Waals surface area contributed by atoms with Crippen molar-refractivity contribution in [1.29, 1.82) is 0 Å². The van der Waals surface area contributed by atoms with Gasteiger partial charge in [0, 0.05) is 6.42 Å². The van der Waals surface area contributed by atoms with Gasteiger partial charge >= 0.3 is 0 Å². The van der Waals surface area contributed by atoms with Crippen molar-refractivity contribution in [1.82, 2.24) is 0 Å². The highest BCUT2D eigenvalue weighted by Crippen LogP contribution is 2.29. The van der Waals surface area contributed by atoms with Crippen molar-refractivity contribution in [3.05, 3.63) is 35.4 Å². The normalized spacial score (nSPS) is 28.2. The highest BCUT2D eigenvalue weighted by Gasteiger charge is 2.22. The number of aliphatic hydroxyl groups excluding tert-OH is 2. The molecule has 1 aromatic carbocycles. The molecule has 12 heavy (non-hydrogen) atoms. The molecule has 2 N–H and O–H groups in total. The first kappa shape index (κ1) is 7.77. The average Bonchev–Trinajstić information content (AvgIpc) is 2.04. The molecule has 2 atom stereocenters. The minimum absolute atomic E-state index is 0.380. The third-order valence-corrected chi connectivity index (χ3v) is 2.36. The predicted molar refractivity (Wildman–Crippen MR) is 45.7 cm³/mol. The number of aliphatic hydroxyl groups is 2. The van der Waals surface area contributed by atoms with Crippen molar-refractivity contribution in [2.45, 2.75) is 25.0 Å². The van der Waals surface area contributed by atoms with Crippen LogP contribution in [-0.2, 0) is 6.42 Å². The molecule has 0 aromatic heterocycles. The Labute approximate surface area is 71.5 Å². The van der Waals surface area contributed by atoms with Gasteiger partial charge in [0.2, 0.25) is 0 Å². The molecule has 2 rings (SSSR count). The van der Waals surface area contributed by atoms with E-state index < -0.39 is 6.10 Å². The van der Waals surface area contributed by atoms with Crippen molar-refractivity contribution in [2.24, 2.45) is 0 Å². The van der Waals surface area contributed by atoms with Crippen LogP contribution in [0.5, 0.6) is 0 Å². The summed E-state index contributed by atoms with van der Waals surface area (Å²) in [7, 11) is 0. The molecule has 2 nitrogen and oxygen atoms in total. The minimum atomic E-state index is -0.482. The first-order chi connectivity index (χ1) is 5.77. The molecule has 0 unspecified atom stereocenters.